The summed E-state index contributed by atoms with van der Waals surface area (Å²) in [7, 11) is 0. The minimum absolute atomic E-state index is 0.571. The Morgan fingerprint density at radius 3 is 3.10 bits per heavy atom. The van der Waals surface area contributed by atoms with Crippen molar-refractivity contribution in [3.8, 4) is 5.69 Å². The molecule has 1 atom stereocenters. The Morgan fingerprint density at radius 1 is 1.40 bits per heavy atom. The second kappa shape index (κ2) is 6.00. The van der Waals surface area contributed by atoms with E-state index in [1.165, 1.54) is 19.3 Å². The van der Waals surface area contributed by atoms with Gasteiger partial charge in [0.2, 0.25) is 0 Å². The first kappa shape index (κ1) is 13.1. The molecule has 0 bridgehead atoms. The van der Waals surface area contributed by atoms with Crippen LogP contribution in [-0.2, 0) is 0 Å². The summed E-state index contributed by atoms with van der Waals surface area (Å²) >= 11 is 0. The number of piperidine rings is 1. The van der Waals surface area contributed by atoms with Gasteiger partial charge in [0.05, 0.1) is 5.69 Å². The number of rotatable bonds is 4. The van der Waals surface area contributed by atoms with Gasteiger partial charge in [-0.25, -0.2) is 0 Å². The van der Waals surface area contributed by atoms with Crippen LogP contribution in [-0.4, -0.2) is 39.3 Å². The average Bonchev–Trinajstić information content (AvgIpc) is 2.93. The van der Waals surface area contributed by atoms with Gasteiger partial charge in [-0.05, 0) is 54.9 Å². The molecular formula is C14H20N6. The van der Waals surface area contributed by atoms with Crippen molar-refractivity contribution in [3.63, 3.8) is 0 Å². The lowest BCUT2D eigenvalue weighted by atomic mass is 10.1. The van der Waals surface area contributed by atoms with Crippen molar-refractivity contribution in [2.75, 3.05) is 18.4 Å². The van der Waals surface area contributed by atoms with E-state index in [4.69, 9.17) is 0 Å². The Bertz CT molecular complexity index is 558. The first-order valence-electron chi connectivity index (χ1n) is 7.15. The summed E-state index contributed by atoms with van der Waals surface area (Å²) in [6.07, 6.45) is 3.87. The highest BCUT2D eigenvalue weighted by atomic mass is 15.5. The molecule has 0 aliphatic carbocycles. The summed E-state index contributed by atoms with van der Waals surface area (Å²) < 4.78 is 1.74. The van der Waals surface area contributed by atoms with Crippen molar-refractivity contribution in [1.82, 2.24) is 25.5 Å². The number of benzene rings is 1. The third-order valence-corrected chi connectivity index (χ3v) is 3.68. The Balaban J connectivity index is 1.67. The van der Waals surface area contributed by atoms with Crippen LogP contribution in [0.1, 0.15) is 25.1 Å². The van der Waals surface area contributed by atoms with E-state index in [1.54, 1.807) is 4.68 Å². The highest BCUT2D eigenvalue weighted by Crippen LogP contribution is 2.15. The number of hydrogen-bond acceptors (Lipinski definition) is 5. The van der Waals surface area contributed by atoms with Gasteiger partial charge in [-0.2, -0.15) is 4.68 Å². The molecule has 6 heteroatoms. The van der Waals surface area contributed by atoms with Crippen LogP contribution < -0.4 is 10.6 Å². The Morgan fingerprint density at radius 2 is 2.35 bits per heavy atom. The first-order valence-corrected chi connectivity index (χ1v) is 7.15. The zero-order chi connectivity index (χ0) is 13.8. The van der Waals surface area contributed by atoms with Gasteiger partial charge in [0.15, 0.2) is 5.82 Å². The molecule has 2 N–H and O–H groups in total. The molecule has 20 heavy (non-hydrogen) atoms. The fourth-order valence-corrected chi connectivity index (χ4v) is 2.56. The number of aryl methyl sites for hydroxylation is 1. The van der Waals surface area contributed by atoms with Crippen molar-refractivity contribution in [3.05, 3.63) is 30.1 Å². The summed E-state index contributed by atoms with van der Waals surface area (Å²) in [5.41, 5.74) is 2.08. The molecule has 3 rings (SSSR count). The molecule has 1 unspecified atom stereocenters. The third-order valence-electron chi connectivity index (χ3n) is 3.68. The second-order valence-electron chi connectivity index (χ2n) is 5.22. The number of nitrogens with zero attached hydrogens (tertiary/aromatic N) is 4. The lowest BCUT2D eigenvalue weighted by Gasteiger charge is -2.24. The number of hydrogen-bond donors (Lipinski definition) is 2. The summed E-state index contributed by atoms with van der Waals surface area (Å²) in [5.74, 6) is 0.788. The van der Waals surface area contributed by atoms with Crippen molar-refractivity contribution < 1.29 is 0 Å². The molecule has 1 aliphatic rings. The lowest BCUT2D eigenvalue weighted by Crippen LogP contribution is -2.39. The maximum Gasteiger partial charge on any atom is 0.153 e. The van der Waals surface area contributed by atoms with Gasteiger partial charge in [-0.15, -0.1) is 5.10 Å². The van der Waals surface area contributed by atoms with Crippen molar-refractivity contribution in [1.29, 1.82) is 0 Å². The molecule has 2 aromatic rings. The topological polar surface area (TPSA) is 67.7 Å². The van der Waals surface area contributed by atoms with E-state index >= 15 is 0 Å². The molecule has 1 aromatic carbocycles. The zero-order valence-electron chi connectivity index (χ0n) is 11.7. The standard InChI is InChI=1S/C14H20N6/c1-11-17-18-19-20(11)14-7-4-6-12(9-14)16-10-13-5-2-3-8-15-13/h4,6-7,9,13,15-16H,2-3,5,8,10H2,1H3. The van der Waals surface area contributed by atoms with E-state index in [0.29, 0.717) is 6.04 Å². The molecule has 2 heterocycles. The van der Waals surface area contributed by atoms with Gasteiger partial charge in [0.25, 0.3) is 0 Å². The van der Waals surface area contributed by atoms with Gasteiger partial charge >= 0.3 is 0 Å². The fraction of sp³-hybridized carbons (Fsp3) is 0.500. The van der Waals surface area contributed by atoms with Crippen LogP contribution in [0.15, 0.2) is 24.3 Å². The van der Waals surface area contributed by atoms with E-state index in [9.17, 15) is 0 Å². The molecule has 1 saturated heterocycles. The molecule has 1 aliphatic heterocycles. The molecule has 0 amide bonds. The molecule has 0 spiro atoms. The third kappa shape index (κ3) is 2.96. The molecular weight excluding hydrogens is 252 g/mol. The van der Waals surface area contributed by atoms with E-state index < -0.39 is 0 Å². The minimum atomic E-state index is 0.571. The van der Waals surface area contributed by atoms with Gasteiger partial charge in [0.1, 0.15) is 0 Å². The Labute approximate surface area is 118 Å². The normalized spacial score (nSPS) is 18.9. The van der Waals surface area contributed by atoms with E-state index in [-0.39, 0.29) is 0 Å². The number of nitrogens with one attached hydrogen (secondary N) is 2. The fourth-order valence-electron chi connectivity index (χ4n) is 2.56. The van der Waals surface area contributed by atoms with Gasteiger partial charge in [-0.1, -0.05) is 12.5 Å². The first-order chi connectivity index (χ1) is 9.83. The summed E-state index contributed by atoms with van der Waals surface area (Å²) in [4.78, 5) is 0. The SMILES string of the molecule is Cc1nnnn1-c1cccc(NCC2CCCCN2)c1. The summed E-state index contributed by atoms with van der Waals surface area (Å²) in [6, 6.07) is 8.75. The van der Waals surface area contributed by atoms with Crippen LogP contribution in [0.5, 0.6) is 0 Å². The molecule has 106 valence electrons. The molecule has 6 nitrogen and oxygen atoms in total. The quantitative estimate of drug-likeness (QED) is 0.883. The smallest absolute Gasteiger partial charge is 0.153 e. The monoisotopic (exact) mass is 272 g/mol. The van der Waals surface area contributed by atoms with Crippen LogP contribution >= 0.6 is 0 Å². The van der Waals surface area contributed by atoms with Gasteiger partial charge in [0, 0.05) is 18.3 Å². The summed E-state index contributed by atoms with van der Waals surface area (Å²) in [6.45, 7) is 3.99. The predicted molar refractivity (Wildman–Crippen MR) is 78.0 cm³/mol. The highest BCUT2D eigenvalue weighted by Gasteiger charge is 2.12. The van der Waals surface area contributed by atoms with Crippen LogP contribution in [0.2, 0.25) is 0 Å². The van der Waals surface area contributed by atoms with Crippen molar-refractivity contribution in [2.24, 2.45) is 0 Å². The number of anilines is 1. The number of tetrazole rings is 1. The zero-order valence-corrected chi connectivity index (χ0v) is 11.7. The highest BCUT2D eigenvalue weighted by molar-refractivity contribution is 5.51. The van der Waals surface area contributed by atoms with Crippen molar-refractivity contribution >= 4 is 5.69 Å². The average molecular weight is 272 g/mol. The molecule has 0 radical (unpaired) electrons. The van der Waals surface area contributed by atoms with Crippen molar-refractivity contribution in [2.45, 2.75) is 32.2 Å². The lowest BCUT2D eigenvalue weighted by molar-refractivity contribution is 0.414. The van der Waals surface area contributed by atoms with Crippen LogP contribution in [0.4, 0.5) is 5.69 Å². The van der Waals surface area contributed by atoms with Gasteiger partial charge in [-0.3, -0.25) is 0 Å². The van der Waals surface area contributed by atoms with E-state index in [0.717, 1.165) is 30.3 Å². The van der Waals surface area contributed by atoms with Gasteiger partial charge < -0.3 is 10.6 Å². The van der Waals surface area contributed by atoms with Crippen LogP contribution in [0.25, 0.3) is 5.69 Å². The number of aromatic nitrogens is 4. The minimum Gasteiger partial charge on any atom is -0.383 e. The Hall–Kier alpha value is -1.95. The van der Waals surface area contributed by atoms with E-state index in [1.807, 2.05) is 19.1 Å². The predicted octanol–water partition coefficient (Wildman–Crippen LogP) is 1.52. The maximum atomic E-state index is 3.99. The van der Waals surface area contributed by atoms with Crippen LogP contribution in [0, 0.1) is 6.92 Å². The van der Waals surface area contributed by atoms with Crippen LogP contribution in [0.3, 0.4) is 0 Å². The molecule has 0 saturated carbocycles. The maximum absolute atomic E-state index is 3.99. The summed E-state index contributed by atoms with van der Waals surface area (Å²) in [5, 5.41) is 18.6. The second-order valence-corrected chi connectivity index (χ2v) is 5.22. The molecule has 1 aromatic heterocycles. The van der Waals surface area contributed by atoms with E-state index in [2.05, 4.69) is 38.3 Å². The largest absolute Gasteiger partial charge is 0.383 e. The Kier molecular flexibility index (Phi) is 3.92. The molecule has 1 fully saturated rings.